The summed E-state index contributed by atoms with van der Waals surface area (Å²) < 4.78 is 1.68. The lowest BCUT2D eigenvalue weighted by molar-refractivity contribution is -0.120. The Hall–Kier alpha value is -1.36. The van der Waals surface area contributed by atoms with Crippen molar-refractivity contribution in [2.24, 2.45) is 13.0 Å². The van der Waals surface area contributed by atoms with Crippen LogP contribution in [0.5, 0.6) is 0 Å². The Kier molecular flexibility index (Phi) is 3.01. The number of piperidine rings is 1. The molecule has 2 heterocycles. The van der Waals surface area contributed by atoms with Gasteiger partial charge in [-0.1, -0.05) is 0 Å². The van der Waals surface area contributed by atoms with E-state index in [9.17, 15) is 4.79 Å². The molecule has 1 aromatic heterocycles. The zero-order valence-corrected chi connectivity index (χ0v) is 8.86. The van der Waals surface area contributed by atoms with Crippen molar-refractivity contribution in [2.45, 2.75) is 12.8 Å². The average molecular weight is 208 g/mol. The Morgan fingerprint density at radius 1 is 1.73 bits per heavy atom. The maximum Gasteiger partial charge on any atom is 0.228 e. The van der Waals surface area contributed by atoms with E-state index in [1.54, 1.807) is 17.1 Å². The zero-order chi connectivity index (χ0) is 10.7. The summed E-state index contributed by atoms with van der Waals surface area (Å²) >= 11 is 0. The third-order valence-corrected chi connectivity index (χ3v) is 2.64. The van der Waals surface area contributed by atoms with E-state index in [1.165, 1.54) is 0 Å². The van der Waals surface area contributed by atoms with Gasteiger partial charge in [0.25, 0.3) is 0 Å². The van der Waals surface area contributed by atoms with Gasteiger partial charge in [-0.2, -0.15) is 5.10 Å². The number of rotatable bonds is 2. The van der Waals surface area contributed by atoms with Gasteiger partial charge >= 0.3 is 0 Å². The van der Waals surface area contributed by atoms with Crippen LogP contribution in [0.4, 0.5) is 5.69 Å². The minimum Gasteiger partial charge on any atom is -0.323 e. The molecule has 1 aliphatic rings. The van der Waals surface area contributed by atoms with Gasteiger partial charge in [-0.15, -0.1) is 0 Å². The van der Waals surface area contributed by atoms with Gasteiger partial charge in [-0.05, 0) is 19.4 Å². The van der Waals surface area contributed by atoms with E-state index >= 15 is 0 Å². The van der Waals surface area contributed by atoms with E-state index in [0.717, 1.165) is 31.6 Å². The molecule has 1 fully saturated rings. The molecule has 2 rings (SSSR count). The molecular formula is C10H16N4O. The predicted octanol–water partition coefficient (Wildman–Crippen LogP) is 0.358. The van der Waals surface area contributed by atoms with Crippen LogP contribution >= 0.6 is 0 Å². The first-order chi connectivity index (χ1) is 7.25. The highest BCUT2D eigenvalue weighted by Crippen LogP contribution is 2.13. The number of hydrogen-bond acceptors (Lipinski definition) is 3. The van der Waals surface area contributed by atoms with Crippen molar-refractivity contribution in [3.63, 3.8) is 0 Å². The van der Waals surface area contributed by atoms with Crippen LogP contribution in [0.15, 0.2) is 12.4 Å². The largest absolute Gasteiger partial charge is 0.323 e. The third-order valence-electron chi connectivity index (χ3n) is 2.64. The highest BCUT2D eigenvalue weighted by atomic mass is 16.1. The van der Waals surface area contributed by atoms with Gasteiger partial charge in [0.1, 0.15) is 0 Å². The van der Waals surface area contributed by atoms with Gasteiger partial charge in [0.15, 0.2) is 0 Å². The van der Waals surface area contributed by atoms with E-state index in [-0.39, 0.29) is 11.8 Å². The summed E-state index contributed by atoms with van der Waals surface area (Å²) in [5, 5.41) is 10.1. The molecular weight excluding hydrogens is 192 g/mol. The van der Waals surface area contributed by atoms with Crippen LogP contribution in [0.1, 0.15) is 12.8 Å². The third kappa shape index (κ3) is 2.56. The average Bonchev–Trinajstić information content (AvgIpc) is 2.65. The SMILES string of the molecule is Cn1cc(NC(=O)[C@H]2CCCNC2)cn1. The minimum atomic E-state index is 0.0928. The first kappa shape index (κ1) is 10.2. The molecule has 0 aromatic carbocycles. The molecule has 0 bridgehead atoms. The number of aromatic nitrogens is 2. The summed E-state index contributed by atoms with van der Waals surface area (Å²) in [7, 11) is 1.83. The van der Waals surface area contributed by atoms with Crippen LogP contribution in [0.2, 0.25) is 0 Å². The molecule has 1 amide bonds. The van der Waals surface area contributed by atoms with Gasteiger partial charge in [0.2, 0.25) is 5.91 Å². The number of aryl methyl sites for hydroxylation is 1. The van der Waals surface area contributed by atoms with Crippen LogP contribution in [0.25, 0.3) is 0 Å². The number of nitrogens with one attached hydrogen (secondary N) is 2. The summed E-state index contributed by atoms with van der Waals surface area (Å²) in [4.78, 5) is 11.8. The normalized spacial score (nSPS) is 21.3. The topological polar surface area (TPSA) is 59.0 Å². The van der Waals surface area contributed by atoms with Crippen LogP contribution < -0.4 is 10.6 Å². The van der Waals surface area contributed by atoms with Gasteiger partial charge < -0.3 is 10.6 Å². The number of anilines is 1. The molecule has 0 radical (unpaired) electrons. The van der Waals surface area contributed by atoms with Crippen molar-refractivity contribution in [3.05, 3.63) is 12.4 Å². The van der Waals surface area contributed by atoms with E-state index in [4.69, 9.17) is 0 Å². The Bertz CT molecular complexity index is 341. The zero-order valence-electron chi connectivity index (χ0n) is 8.86. The maximum atomic E-state index is 11.8. The lowest BCUT2D eigenvalue weighted by Gasteiger charge is -2.21. The molecule has 82 valence electrons. The molecule has 5 nitrogen and oxygen atoms in total. The van der Waals surface area contributed by atoms with Crippen LogP contribution in [0, 0.1) is 5.92 Å². The van der Waals surface area contributed by atoms with Crippen molar-refractivity contribution in [2.75, 3.05) is 18.4 Å². The number of carbonyl (C=O) groups excluding carboxylic acids is 1. The summed E-state index contributed by atoms with van der Waals surface area (Å²) in [6, 6.07) is 0. The monoisotopic (exact) mass is 208 g/mol. The quantitative estimate of drug-likeness (QED) is 0.737. The predicted molar refractivity (Wildman–Crippen MR) is 57.4 cm³/mol. The molecule has 2 N–H and O–H groups in total. The van der Waals surface area contributed by atoms with Gasteiger partial charge in [0, 0.05) is 19.8 Å². The molecule has 15 heavy (non-hydrogen) atoms. The number of amides is 1. The van der Waals surface area contributed by atoms with E-state index in [1.807, 2.05) is 7.05 Å². The van der Waals surface area contributed by atoms with Crippen LogP contribution in [-0.4, -0.2) is 28.8 Å². The Morgan fingerprint density at radius 2 is 2.60 bits per heavy atom. The Morgan fingerprint density at radius 3 is 3.20 bits per heavy atom. The molecule has 1 aliphatic heterocycles. The summed E-state index contributed by atoms with van der Waals surface area (Å²) in [5.74, 6) is 0.189. The summed E-state index contributed by atoms with van der Waals surface area (Å²) in [6.45, 7) is 1.81. The smallest absolute Gasteiger partial charge is 0.228 e. The standard InChI is InChI=1S/C10H16N4O/c1-14-7-9(6-12-14)13-10(15)8-3-2-4-11-5-8/h6-8,11H,2-5H2,1H3,(H,13,15)/t8-/m0/s1. The molecule has 5 heteroatoms. The highest BCUT2D eigenvalue weighted by Gasteiger charge is 2.20. The van der Waals surface area contributed by atoms with Crippen molar-refractivity contribution < 1.29 is 4.79 Å². The fourth-order valence-corrected chi connectivity index (χ4v) is 1.81. The van der Waals surface area contributed by atoms with E-state index < -0.39 is 0 Å². The molecule has 0 unspecified atom stereocenters. The second-order valence-corrected chi connectivity index (χ2v) is 3.94. The maximum absolute atomic E-state index is 11.8. The van der Waals surface area contributed by atoms with Crippen LogP contribution in [-0.2, 0) is 11.8 Å². The van der Waals surface area contributed by atoms with E-state index in [2.05, 4.69) is 15.7 Å². The number of carbonyl (C=O) groups is 1. The van der Waals surface area contributed by atoms with Gasteiger partial charge in [-0.25, -0.2) is 0 Å². The lowest BCUT2D eigenvalue weighted by Crippen LogP contribution is -2.37. The van der Waals surface area contributed by atoms with Crippen molar-refractivity contribution in [3.8, 4) is 0 Å². The molecule has 0 spiro atoms. The Labute approximate surface area is 88.8 Å². The van der Waals surface area contributed by atoms with Crippen molar-refractivity contribution >= 4 is 11.6 Å². The van der Waals surface area contributed by atoms with Gasteiger partial charge in [-0.3, -0.25) is 9.48 Å². The second-order valence-electron chi connectivity index (χ2n) is 3.94. The molecule has 1 atom stereocenters. The van der Waals surface area contributed by atoms with E-state index in [0.29, 0.717) is 0 Å². The first-order valence-corrected chi connectivity index (χ1v) is 5.26. The highest BCUT2D eigenvalue weighted by molar-refractivity contribution is 5.92. The summed E-state index contributed by atoms with van der Waals surface area (Å²) in [6.07, 6.45) is 5.51. The van der Waals surface area contributed by atoms with Crippen molar-refractivity contribution in [1.82, 2.24) is 15.1 Å². The molecule has 1 aromatic rings. The molecule has 1 saturated heterocycles. The second kappa shape index (κ2) is 4.44. The fourth-order valence-electron chi connectivity index (χ4n) is 1.81. The molecule has 0 aliphatic carbocycles. The van der Waals surface area contributed by atoms with Crippen LogP contribution in [0.3, 0.4) is 0 Å². The van der Waals surface area contributed by atoms with Crippen molar-refractivity contribution in [1.29, 1.82) is 0 Å². The number of nitrogens with zero attached hydrogens (tertiary/aromatic N) is 2. The molecule has 0 saturated carbocycles. The summed E-state index contributed by atoms with van der Waals surface area (Å²) in [5.41, 5.74) is 0.771. The minimum absolute atomic E-state index is 0.0928. The lowest BCUT2D eigenvalue weighted by atomic mass is 9.99. The fraction of sp³-hybridized carbons (Fsp3) is 0.600. The Balaban J connectivity index is 1.91. The number of hydrogen-bond donors (Lipinski definition) is 2. The van der Waals surface area contributed by atoms with Gasteiger partial charge in [0.05, 0.1) is 17.8 Å². The first-order valence-electron chi connectivity index (χ1n) is 5.26.